The maximum Gasteiger partial charge on any atom is 0.270 e. The van der Waals surface area contributed by atoms with Crippen LogP contribution in [0.2, 0.25) is 0 Å². The second-order valence-corrected chi connectivity index (χ2v) is 9.24. The summed E-state index contributed by atoms with van der Waals surface area (Å²) in [6.07, 6.45) is 2.64. The first kappa shape index (κ1) is 23.4. The van der Waals surface area contributed by atoms with E-state index in [1.54, 1.807) is 6.07 Å². The highest BCUT2D eigenvalue weighted by Gasteiger charge is 2.26. The van der Waals surface area contributed by atoms with E-state index in [4.69, 9.17) is 9.72 Å². The van der Waals surface area contributed by atoms with Gasteiger partial charge >= 0.3 is 0 Å². The van der Waals surface area contributed by atoms with Crippen molar-refractivity contribution in [3.05, 3.63) is 63.7 Å². The number of anilines is 1. The largest absolute Gasteiger partial charge is 0.393 e. The molecule has 1 amide bonds. The monoisotopic (exact) mass is 479 g/mol. The molecule has 1 saturated heterocycles. The zero-order chi connectivity index (χ0) is 24.4. The number of benzene rings is 2. The van der Waals surface area contributed by atoms with Gasteiger partial charge in [-0.1, -0.05) is 12.1 Å². The quantitative estimate of drug-likeness (QED) is 0.410. The first-order valence-electron chi connectivity index (χ1n) is 12.0. The van der Waals surface area contributed by atoms with E-state index < -0.39 is 10.8 Å². The number of aliphatic hydroxyl groups excluding tert-OH is 1. The standard InChI is InChI=1S/C25H29N5O5/c31-21-7-5-19(6-8-21)29-23-9-4-17(16-28-10-12-35-13-11-28)14-22(23)26-25(29)27-24(32)18-2-1-3-20(15-18)30(33)34/h1-4,9,14-15,19,21,31H,5-8,10-13,16H2,(H,26,27,32)/t19-,21-. The molecule has 1 aromatic heterocycles. The molecule has 2 N–H and O–H groups in total. The van der Waals surface area contributed by atoms with Crippen molar-refractivity contribution in [3.8, 4) is 0 Å². The van der Waals surface area contributed by atoms with Gasteiger partial charge in [0.15, 0.2) is 0 Å². The minimum Gasteiger partial charge on any atom is -0.393 e. The second-order valence-electron chi connectivity index (χ2n) is 9.24. The summed E-state index contributed by atoms with van der Waals surface area (Å²) < 4.78 is 7.49. The molecule has 1 aliphatic carbocycles. The number of carbonyl (C=O) groups excluding carboxylic acids is 1. The van der Waals surface area contributed by atoms with Crippen LogP contribution < -0.4 is 5.32 Å². The summed E-state index contributed by atoms with van der Waals surface area (Å²) in [6.45, 7) is 4.05. The number of ether oxygens (including phenoxy) is 1. The summed E-state index contributed by atoms with van der Waals surface area (Å²) in [7, 11) is 0. The van der Waals surface area contributed by atoms with Gasteiger partial charge in [-0.2, -0.15) is 0 Å². The van der Waals surface area contributed by atoms with Crippen LogP contribution in [0.25, 0.3) is 11.0 Å². The van der Waals surface area contributed by atoms with E-state index in [0.717, 1.165) is 62.3 Å². The van der Waals surface area contributed by atoms with Crippen molar-refractivity contribution in [2.75, 3.05) is 31.6 Å². The Hall–Kier alpha value is -3.34. The first-order valence-corrected chi connectivity index (χ1v) is 12.0. The summed E-state index contributed by atoms with van der Waals surface area (Å²) in [4.78, 5) is 30.8. The summed E-state index contributed by atoms with van der Waals surface area (Å²) in [5.74, 6) is -0.0314. The molecule has 2 aromatic carbocycles. The van der Waals surface area contributed by atoms with Crippen molar-refractivity contribution in [2.24, 2.45) is 0 Å². The van der Waals surface area contributed by atoms with Gasteiger partial charge in [0.2, 0.25) is 5.95 Å². The lowest BCUT2D eigenvalue weighted by Gasteiger charge is -2.28. The van der Waals surface area contributed by atoms with Crippen LogP contribution in [0.3, 0.4) is 0 Å². The predicted octanol–water partition coefficient (Wildman–Crippen LogP) is 3.51. The van der Waals surface area contributed by atoms with Gasteiger partial charge in [-0.25, -0.2) is 4.98 Å². The molecule has 35 heavy (non-hydrogen) atoms. The number of fused-ring (bicyclic) bond motifs is 1. The molecule has 0 unspecified atom stereocenters. The van der Waals surface area contributed by atoms with Gasteiger partial charge in [0.25, 0.3) is 11.6 Å². The van der Waals surface area contributed by atoms with Gasteiger partial charge in [0, 0.05) is 43.4 Å². The number of nitrogens with one attached hydrogen (secondary N) is 1. The zero-order valence-electron chi connectivity index (χ0n) is 19.4. The Kier molecular flexibility index (Phi) is 6.76. The minimum absolute atomic E-state index is 0.0916. The van der Waals surface area contributed by atoms with E-state index >= 15 is 0 Å². The Morgan fingerprint density at radius 1 is 1.14 bits per heavy atom. The zero-order valence-corrected chi connectivity index (χ0v) is 19.4. The van der Waals surface area contributed by atoms with E-state index in [0.29, 0.717) is 18.8 Å². The van der Waals surface area contributed by atoms with Crippen LogP contribution in [0.4, 0.5) is 11.6 Å². The first-order chi connectivity index (χ1) is 17.0. The van der Waals surface area contributed by atoms with Crippen LogP contribution in [-0.2, 0) is 11.3 Å². The maximum atomic E-state index is 13.0. The minimum atomic E-state index is -0.518. The van der Waals surface area contributed by atoms with E-state index in [2.05, 4.69) is 26.9 Å². The molecular formula is C25H29N5O5. The average molecular weight is 480 g/mol. The Labute approximate surface area is 202 Å². The number of nitro groups is 1. The van der Waals surface area contributed by atoms with Gasteiger partial charge < -0.3 is 14.4 Å². The summed E-state index contributed by atoms with van der Waals surface area (Å²) in [5, 5.41) is 24.0. The van der Waals surface area contributed by atoms with Gasteiger partial charge in [-0.15, -0.1) is 0 Å². The lowest BCUT2D eigenvalue weighted by Crippen LogP contribution is -2.35. The number of aromatic nitrogens is 2. The molecule has 0 atom stereocenters. The van der Waals surface area contributed by atoms with E-state index in [-0.39, 0.29) is 23.4 Å². The normalized spacial score (nSPS) is 21.2. The lowest BCUT2D eigenvalue weighted by molar-refractivity contribution is -0.384. The molecule has 3 aromatic rings. The number of imidazole rings is 1. The number of hydrogen-bond acceptors (Lipinski definition) is 7. The highest BCUT2D eigenvalue weighted by atomic mass is 16.6. The summed E-state index contributed by atoms with van der Waals surface area (Å²) >= 11 is 0. The van der Waals surface area contributed by atoms with Crippen LogP contribution in [-0.4, -0.2) is 62.8 Å². The molecule has 2 heterocycles. The molecule has 0 bridgehead atoms. The van der Waals surface area contributed by atoms with E-state index in [1.165, 1.54) is 18.2 Å². The highest BCUT2D eigenvalue weighted by molar-refractivity contribution is 6.04. The molecule has 10 heteroatoms. The summed E-state index contributed by atoms with van der Waals surface area (Å²) in [6, 6.07) is 12.0. The lowest BCUT2D eigenvalue weighted by atomic mass is 9.93. The smallest absolute Gasteiger partial charge is 0.270 e. The molecule has 0 spiro atoms. The fourth-order valence-corrected chi connectivity index (χ4v) is 4.97. The fourth-order valence-electron chi connectivity index (χ4n) is 4.97. The van der Waals surface area contributed by atoms with Crippen molar-refractivity contribution in [1.29, 1.82) is 0 Å². The molecule has 1 aliphatic heterocycles. The summed E-state index contributed by atoms with van der Waals surface area (Å²) in [5.41, 5.74) is 2.91. The third-order valence-electron chi connectivity index (χ3n) is 6.84. The second kappa shape index (κ2) is 10.1. The third kappa shape index (κ3) is 5.19. The molecule has 10 nitrogen and oxygen atoms in total. The van der Waals surface area contributed by atoms with Gasteiger partial charge in [-0.05, 0) is 49.4 Å². The number of nitrogens with zero attached hydrogens (tertiary/aromatic N) is 4. The van der Waals surface area contributed by atoms with Gasteiger partial charge in [0.05, 0.1) is 35.3 Å². The fraction of sp³-hybridized carbons (Fsp3) is 0.440. The topological polar surface area (TPSA) is 123 Å². The van der Waals surface area contributed by atoms with E-state index in [9.17, 15) is 20.0 Å². The molecule has 2 aliphatic rings. The number of nitro benzene ring substituents is 1. The maximum absolute atomic E-state index is 13.0. The molecule has 2 fully saturated rings. The number of amides is 1. The number of non-ortho nitro benzene ring substituents is 1. The molecule has 184 valence electrons. The number of morpholine rings is 1. The van der Waals surface area contributed by atoms with Crippen molar-refractivity contribution < 1.29 is 19.6 Å². The number of aliphatic hydroxyl groups is 1. The number of carbonyl (C=O) groups is 1. The van der Waals surface area contributed by atoms with Crippen LogP contribution in [0.1, 0.15) is 47.6 Å². The average Bonchev–Trinajstić information content (AvgIpc) is 3.22. The SMILES string of the molecule is O=C(Nc1nc2cc(CN3CCOCC3)ccc2n1[C@H]1CC[C@H](O)CC1)c1cccc([N+](=O)[O-])c1. The van der Waals surface area contributed by atoms with Crippen molar-refractivity contribution in [2.45, 2.75) is 44.4 Å². The Morgan fingerprint density at radius 2 is 1.91 bits per heavy atom. The van der Waals surface area contributed by atoms with Gasteiger partial charge in [0.1, 0.15) is 0 Å². The van der Waals surface area contributed by atoms with Crippen LogP contribution in [0, 0.1) is 10.1 Å². The van der Waals surface area contributed by atoms with Crippen molar-refractivity contribution in [3.63, 3.8) is 0 Å². The van der Waals surface area contributed by atoms with E-state index in [1.807, 2.05) is 6.07 Å². The predicted molar refractivity (Wildman–Crippen MR) is 130 cm³/mol. The molecular weight excluding hydrogens is 450 g/mol. The molecule has 1 saturated carbocycles. The number of rotatable bonds is 6. The van der Waals surface area contributed by atoms with Crippen LogP contribution in [0.5, 0.6) is 0 Å². The Bertz CT molecular complexity index is 1230. The van der Waals surface area contributed by atoms with Crippen LogP contribution >= 0.6 is 0 Å². The van der Waals surface area contributed by atoms with Gasteiger partial charge in [-0.3, -0.25) is 25.1 Å². The Morgan fingerprint density at radius 3 is 2.66 bits per heavy atom. The molecule has 5 rings (SSSR count). The molecule has 0 radical (unpaired) electrons. The highest BCUT2D eigenvalue weighted by Crippen LogP contribution is 2.35. The third-order valence-corrected chi connectivity index (χ3v) is 6.84. The number of hydrogen-bond donors (Lipinski definition) is 2. The van der Waals surface area contributed by atoms with Crippen LogP contribution in [0.15, 0.2) is 42.5 Å². The van der Waals surface area contributed by atoms with Crippen molar-refractivity contribution >= 4 is 28.6 Å². The Balaban J connectivity index is 1.46. The van der Waals surface area contributed by atoms with Crippen molar-refractivity contribution in [1.82, 2.24) is 14.5 Å².